The fourth-order valence-electron chi connectivity index (χ4n) is 2.74. The van der Waals surface area contributed by atoms with Gasteiger partial charge in [-0.1, -0.05) is 18.6 Å². The number of para-hydroxylation sites is 1. The van der Waals surface area contributed by atoms with Crippen molar-refractivity contribution in [2.75, 3.05) is 6.54 Å². The molecule has 23 heavy (non-hydrogen) atoms. The summed E-state index contributed by atoms with van der Waals surface area (Å²) in [6.07, 6.45) is 9.02. The van der Waals surface area contributed by atoms with Gasteiger partial charge in [0, 0.05) is 17.8 Å². The van der Waals surface area contributed by atoms with Crippen molar-refractivity contribution in [1.29, 1.82) is 0 Å². The van der Waals surface area contributed by atoms with E-state index in [-0.39, 0.29) is 0 Å². The minimum absolute atomic E-state index is 0.366. The van der Waals surface area contributed by atoms with Gasteiger partial charge in [0.05, 0.1) is 29.1 Å². The molecular weight excluding hydrogens is 286 g/mol. The Hall–Kier alpha value is -2.27. The molecule has 0 radical (unpaired) electrons. The zero-order valence-corrected chi connectivity index (χ0v) is 13.7. The molecule has 0 fully saturated rings. The van der Waals surface area contributed by atoms with Crippen LogP contribution in [-0.2, 0) is 0 Å². The van der Waals surface area contributed by atoms with E-state index in [1.807, 2.05) is 29.2 Å². The van der Waals surface area contributed by atoms with Gasteiger partial charge in [-0.25, -0.2) is 4.98 Å². The first kappa shape index (κ1) is 15.6. The number of aryl methyl sites for hydroxylation is 1. The van der Waals surface area contributed by atoms with Gasteiger partial charge in [0.15, 0.2) is 0 Å². The van der Waals surface area contributed by atoms with Crippen molar-refractivity contribution in [2.45, 2.75) is 39.2 Å². The lowest BCUT2D eigenvalue weighted by Crippen LogP contribution is -2.06. The summed E-state index contributed by atoms with van der Waals surface area (Å²) in [6, 6.07) is 6.42. The molecule has 3 aromatic rings. The molecule has 2 heterocycles. The Labute approximate surface area is 136 Å². The fourth-order valence-corrected chi connectivity index (χ4v) is 2.74. The Morgan fingerprint density at radius 1 is 1.22 bits per heavy atom. The number of hydrogen-bond acceptors (Lipinski definition) is 4. The highest BCUT2D eigenvalue weighted by atomic mass is 15.3. The number of fused-ring (bicyclic) bond motifs is 1. The lowest BCUT2D eigenvalue weighted by molar-refractivity contribution is 0.441. The van der Waals surface area contributed by atoms with E-state index in [4.69, 9.17) is 10.7 Å². The molecule has 0 aliphatic heterocycles. The quantitative estimate of drug-likeness (QED) is 0.708. The number of aromatic nitrogens is 4. The summed E-state index contributed by atoms with van der Waals surface area (Å²) < 4.78 is 2.01. The molecule has 0 aliphatic rings. The third-order valence-corrected chi connectivity index (χ3v) is 4.20. The van der Waals surface area contributed by atoms with E-state index in [0.717, 1.165) is 53.7 Å². The van der Waals surface area contributed by atoms with Gasteiger partial charge < -0.3 is 5.73 Å². The number of nitrogens with zero attached hydrogens (tertiary/aromatic N) is 4. The molecule has 2 aromatic heterocycles. The van der Waals surface area contributed by atoms with Crippen LogP contribution in [0.3, 0.4) is 0 Å². The van der Waals surface area contributed by atoms with Crippen molar-refractivity contribution < 1.29 is 0 Å². The molecule has 1 aromatic carbocycles. The van der Waals surface area contributed by atoms with E-state index in [9.17, 15) is 0 Å². The Balaban J connectivity index is 1.84. The molecule has 0 amide bonds. The molecule has 0 spiro atoms. The first-order valence-corrected chi connectivity index (χ1v) is 8.16. The smallest absolute Gasteiger partial charge is 0.0924 e. The number of hydrogen-bond donors (Lipinski definition) is 1. The van der Waals surface area contributed by atoms with E-state index >= 15 is 0 Å². The number of nitrogens with two attached hydrogens (primary N) is 1. The lowest BCUT2D eigenvalue weighted by atomic mass is 10.1. The van der Waals surface area contributed by atoms with E-state index in [2.05, 4.69) is 36.2 Å². The minimum atomic E-state index is 0.366. The third-order valence-electron chi connectivity index (χ3n) is 4.20. The van der Waals surface area contributed by atoms with E-state index in [1.165, 1.54) is 0 Å². The third kappa shape index (κ3) is 3.40. The van der Waals surface area contributed by atoms with Crippen LogP contribution in [0.5, 0.6) is 0 Å². The van der Waals surface area contributed by atoms with Gasteiger partial charge in [0.2, 0.25) is 0 Å². The number of rotatable bonds is 6. The minimum Gasteiger partial charge on any atom is -0.330 e. The summed E-state index contributed by atoms with van der Waals surface area (Å²) >= 11 is 0. The van der Waals surface area contributed by atoms with Crippen LogP contribution in [0.25, 0.3) is 22.3 Å². The van der Waals surface area contributed by atoms with Crippen LogP contribution in [0.1, 0.15) is 37.8 Å². The molecule has 2 N–H and O–H groups in total. The van der Waals surface area contributed by atoms with Crippen LogP contribution in [0.15, 0.2) is 36.8 Å². The van der Waals surface area contributed by atoms with Crippen molar-refractivity contribution >= 4 is 11.0 Å². The van der Waals surface area contributed by atoms with Crippen LogP contribution in [0.2, 0.25) is 0 Å². The van der Waals surface area contributed by atoms with Gasteiger partial charge in [-0.15, -0.1) is 0 Å². The molecular formula is C18H23N5. The summed E-state index contributed by atoms with van der Waals surface area (Å²) in [7, 11) is 0. The van der Waals surface area contributed by atoms with Crippen molar-refractivity contribution in [3.8, 4) is 11.3 Å². The maximum atomic E-state index is 5.55. The fraction of sp³-hybridized carbons (Fsp3) is 0.389. The van der Waals surface area contributed by atoms with Gasteiger partial charge in [0.25, 0.3) is 0 Å². The van der Waals surface area contributed by atoms with Gasteiger partial charge in [-0.2, -0.15) is 5.10 Å². The van der Waals surface area contributed by atoms with Gasteiger partial charge in [-0.05, 0) is 44.9 Å². The lowest BCUT2D eigenvalue weighted by Gasteiger charge is -2.11. The number of benzene rings is 1. The largest absolute Gasteiger partial charge is 0.330 e. The van der Waals surface area contributed by atoms with Crippen molar-refractivity contribution in [1.82, 2.24) is 19.7 Å². The highest BCUT2D eigenvalue weighted by Crippen LogP contribution is 2.22. The Morgan fingerprint density at radius 3 is 2.91 bits per heavy atom. The number of unbranched alkanes of at least 4 members (excludes halogenated alkanes) is 1. The summed E-state index contributed by atoms with van der Waals surface area (Å²) in [5, 5.41) is 4.49. The molecule has 0 saturated carbocycles. The van der Waals surface area contributed by atoms with Crippen LogP contribution in [0.4, 0.5) is 0 Å². The standard InChI is InChI=1S/C18H23N5/c1-13-6-5-8-16-18(13)22-17(11-20-16)15-10-21-23(12-15)14(2)7-3-4-9-19/h5-6,8,10-12,14H,3-4,7,9,19H2,1-2H3. The molecule has 5 heteroatoms. The molecule has 5 nitrogen and oxygen atoms in total. The Morgan fingerprint density at radius 2 is 2.09 bits per heavy atom. The second-order valence-corrected chi connectivity index (χ2v) is 6.04. The second-order valence-electron chi connectivity index (χ2n) is 6.04. The van der Waals surface area contributed by atoms with E-state index < -0.39 is 0 Å². The van der Waals surface area contributed by atoms with Crippen molar-refractivity contribution in [3.05, 3.63) is 42.4 Å². The highest BCUT2D eigenvalue weighted by Gasteiger charge is 2.10. The van der Waals surface area contributed by atoms with Gasteiger partial charge in [0.1, 0.15) is 0 Å². The van der Waals surface area contributed by atoms with Gasteiger partial charge in [-0.3, -0.25) is 9.67 Å². The summed E-state index contributed by atoms with van der Waals surface area (Å²) in [4.78, 5) is 9.28. The van der Waals surface area contributed by atoms with Crippen LogP contribution in [-0.4, -0.2) is 26.3 Å². The van der Waals surface area contributed by atoms with E-state index in [1.54, 1.807) is 0 Å². The molecule has 0 saturated heterocycles. The van der Waals surface area contributed by atoms with Gasteiger partial charge >= 0.3 is 0 Å². The Kier molecular flexibility index (Phi) is 4.67. The Bertz CT molecular complexity index is 793. The predicted molar refractivity (Wildman–Crippen MR) is 93.1 cm³/mol. The molecule has 0 bridgehead atoms. The summed E-state index contributed by atoms with van der Waals surface area (Å²) in [6.45, 7) is 5.00. The van der Waals surface area contributed by atoms with Crippen molar-refractivity contribution in [2.24, 2.45) is 5.73 Å². The van der Waals surface area contributed by atoms with E-state index in [0.29, 0.717) is 6.04 Å². The second kappa shape index (κ2) is 6.87. The maximum Gasteiger partial charge on any atom is 0.0924 e. The first-order chi connectivity index (χ1) is 11.2. The van der Waals surface area contributed by atoms with Crippen LogP contribution >= 0.6 is 0 Å². The normalized spacial score (nSPS) is 12.7. The molecule has 3 rings (SSSR count). The average molecular weight is 309 g/mol. The molecule has 0 aliphatic carbocycles. The maximum absolute atomic E-state index is 5.55. The zero-order chi connectivity index (χ0) is 16.2. The van der Waals surface area contributed by atoms with Crippen molar-refractivity contribution in [3.63, 3.8) is 0 Å². The summed E-state index contributed by atoms with van der Waals surface area (Å²) in [5.41, 5.74) is 10.4. The highest BCUT2D eigenvalue weighted by molar-refractivity contribution is 5.79. The topological polar surface area (TPSA) is 69.6 Å². The summed E-state index contributed by atoms with van der Waals surface area (Å²) in [5.74, 6) is 0. The first-order valence-electron chi connectivity index (χ1n) is 8.16. The average Bonchev–Trinajstić information content (AvgIpc) is 3.05. The van der Waals surface area contributed by atoms with Crippen LogP contribution < -0.4 is 5.73 Å². The monoisotopic (exact) mass is 309 g/mol. The molecule has 1 unspecified atom stereocenters. The van der Waals surface area contributed by atoms with Crippen LogP contribution in [0, 0.1) is 6.92 Å². The predicted octanol–water partition coefficient (Wildman–Crippen LogP) is 3.49. The SMILES string of the molecule is Cc1cccc2ncc(-c3cnn(C(C)CCCCN)c3)nc12. The molecule has 1 atom stereocenters. The zero-order valence-electron chi connectivity index (χ0n) is 13.7. The molecule has 120 valence electrons.